The van der Waals surface area contributed by atoms with Gasteiger partial charge in [0.1, 0.15) is 0 Å². The Balaban J connectivity index is 0.956. The first kappa shape index (κ1) is 41.2. The molecule has 1 saturated carbocycles. The molecule has 3 aliphatic rings. The number of nitrogens with zero attached hydrogens (tertiary/aromatic N) is 1. The normalized spacial score (nSPS) is 14.5. The van der Waals surface area contributed by atoms with Crippen LogP contribution in [-0.4, -0.2) is 0 Å². The number of hydrogen-bond donors (Lipinski definition) is 0. The second-order valence-corrected chi connectivity index (χ2v) is 19.9. The summed E-state index contributed by atoms with van der Waals surface area (Å²) in [7, 11) is 0. The van der Waals surface area contributed by atoms with E-state index in [1.807, 2.05) is 0 Å². The van der Waals surface area contributed by atoms with Gasteiger partial charge in [0, 0.05) is 27.8 Å². The minimum absolute atomic E-state index is 0.0503. The lowest BCUT2D eigenvalue weighted by Crippen LogP contribution is -2.21. The summed E-state index contributed by atoms with van der Waals surface area (Å²) in [6.07, 6.45) is 4.90. The second kappa shape index (κ2) is 16.4. The van der Waals surface area contributed by atoms with Crippen LogP contribution < -0.4 is 4.90 Å². The van der Waals surface area contributed by atoms with Crippen LogP contribution >= 0.6 is 0 Å². The van der Waals surface area contributed by atoms with Gasteiger partial charge in [-0.25, -0.2) is 0 Å². The van der Waals surface area contributed by atoms with Gasteiger partial charge in [-0.1, -0.05) is 227 Å². The molecule has 10 aromatic carbocycles. The SMILES string of the molecule is CC1(C)c2ccccc2-c2cccc(-c3ccccc3-c3ccc(N(c4ccc5c(c4)C4(CCCC4)c4ccccc4-5)c4ccccc4-c4cccc(-c5ccccc5-c5ccccc5)c4)cc3)c21. The monoisotopic (exact) mass is 883 g/mol. The molecule has 0 radical (unpaired) electrons. The molecule has 0 atom stereocenters. The number of anilines is 3. The van der Waals surface area contributed by atoms with Crippen molar-refractivity contribution in [2.45, 2.75) is 50.4 Å². The van der Waals surface area contributed by atoms with Gasteiger partial charge in [0.2, 0.25) is 0 Å². The maximum atomic E-state index is 2.54. The standard InChI is InChI=1S/C68H53N/c1-67(2)62-33-13-10-30-58(62)61-32-19-31-60(66(61)67)56-28-9-8-25-53(56)47-36-38-50(39-37-47)69(51-40-41-59-57-29-11-14-34-63(57)68(64(59)45-51)42-16-17-43-68)65-35-15-12-27-55(65)49-23-18-22-48(44-49)54-26-7-6-24-52(54)46-20-4-3-5-21-46/h3-15,18-41,44-45H,16-17,42-43H2,1-2H3. The molecule has 0 heterocycles. The minimum atomic E-state index is -0.119. The van der Waals surface area contributed by atoms with Gasteiger partial charge in [-0.15, -0.1) is 0 Å². The first-order valence-corrected chi connectivity index (χ1v) is 24.8. The molecular weight excluding hydrogens is 831 g/mol. The molecule has 0 unspecified atom stereocenters. The number of rotatable bonds is 8. The van der Waals surface area contributed by atoms with Gasteiger partial charge in [-0.3, -0.25) is 0 Å². The summed E-state index contributed by atoms with van der Waals surface area (Å²) in [5, 5.41) is 0. The molecule has 330 valence electrons. The van der Waals surface area contributed by atoms with E-state index in [9.17, 15) is 0 Å². The smallest absolute Gasteiger partial charge is 0.0540 e. The molecule has 0 amide bonds. The lowest BCUT2D eigenvalue weighted by atomic mass is 9.76. The Hall–Kier alpha value is -8.00. The van der Waals surface area contributed by atoms with Crippen LogP contribution in [0.5, 0.6) is 0 Å². The predicted molar refractivity (Wildman–Crippen MR) is 291 cm³/mol. The molecule has 0 aromatic heterocycles. The summed E-state index contributed by atoms with van der Waals surface area (Å²) < 4.78 is 0. The molecule has 0 N–H and O–H groups in total. The van der Waals surface area contributed by atoms with Gasteiger partial charge < -0.3 is 4.90 Å². The summed E-state index contributed by atoms with van der Waals surface area (Å²) >= 11 is 0. The zero-order chi connectivity index (χ0) is 46.1. The van der Waals surface area contributed by atoms with Crippen LogP contribution in [0.2, 0.25) is 0 Å². The fourth-order valence-electron chi connectivity index (χ4n) is 12.7. The van der Waals surface area contributed by atoms with Crippen molar-refractivity contribution in [3.63, 3.8) is 0 Å². The maximum absolute atomic E-state index is 2.54. The Morgan fingerprint density at radius 1 is 0.304 bits per heavy atom. The van der Waals surface area contributed by atoms with Crippen LogP contribution in [-0.2, 0) is 10.8 Å². The van der Waals surface area contributed by atoms with Crippen LogP contribution in [0.15, 0.2) is 237 Å². The number of para-hydroxylation sites is 1. The summed E-state index contributed by atoms with van der Waals surface area (Å²) in [5.74, 6) is 0. The Morgan fingerprint density at radius 3 is 1.46 bits per heavy atom. The first-order valence-electron chi connectivity index (χ1n) is 24.8. The second-order valence-electron chi connectivity index (χ2n) is 19.9. The highest BCUT2D eigenvalue weighted by Gasteiger charge is 2.45. The van der Waals surface area contributed by atoms with E-state index >= 15 is 0 Å². The van der Waals surface area contributed by atoms with Crippen molar-refractivity contribution in [1.29, 1.82) is 0 Å². The highest BCUT2D eigenvalue weighted by Crippen LogP contribution is 2.58. The molecular formula is C68H53N. The van der Waals surface area contributed by atoms with Crippen molar-refractivity contribution in [2.75, 3.05) is 4.90 Å². The molecule has 0 aliphatic heterocycles. The van der Waals surface area contributed by atoms with E-state index < -0.39 is 0 Å². The Labute approximate surface area is 407 Å². The van der Waals surface area contributed by atoms with Gasteiger partial charge in [0.05, 0.1) is 5.69 Å². The Morgan fingerprint density at radius 2 is 0.754 bits per heavy atom. The van der Waals surface area contributed by atoms with E-state index in [0.29, 0.717) is 0 Å². The van der Waals surface area contributed by atoms with Crippen molar-refractivity contribution < 1.29 is 0 Å². The van der Waals surface area contributed by atoms with E-state index in [1.54, 1.807) is 0 Å². The largest absolute Gasteiger partial charge is 0.310 e. The topological polar surface area (TPSA) is 3.24 Å². The van der Waals surface area contributed by atoms with E-state index in [-0.39, 0.29) is 10.8 Å². The third-order valence-electron chi connectivity index (χ3n) is 15.8. The van der Waals surface area contributed by atoms with Gasteiger partial charge in [-0.05, 0) is 144 Å². The van der Waals surface area contributed by atoms with Crippen molar-refractivity contribution in [2.24, 2.45) is 0 Å². The van der Waals surface area contributed by atoms with Crippen molar-refractivity contribution in [3.05, 3.63) is 259 Å². The molecule has 0 bridgehead atoms. The van der Waals surface area contributed by atoms with Crippen LogP contribution in [0, 0.1) is 0 Å². The summed E-state index contributed by atoms with van der Waals surface area (Å²) in [6.45, 7) is 4.77. The van der Waals surface area contributed by atoms with Crippen molar-refractivity contribution in [1.82, 2.24) is 0 Å². The van der Waals surface area contributed by atoms with Gasteiger partial charge in [0.25, 0.3) is 0 Å². The van der Waals surface area contributed by atoms with Gasteiger partial charge >= 0.3 is 0 Å². The third kappa shape index (κ3) is 6.59. The molecule has 3 aliphatic carbocycles. The average molecular weight is 884 g/mol. The van der Waals surface area contributed by atoms with Crippen LogP contribution in [0.25, 0.3) is 77.9 Å². The fraction of sp³-hybridized carbons (Fsp3) is 0.118. The molecule has 1 spiro atoms. The highest BCUT2D eigenvalue weighted by molar-refractivity contribution is 5.95. The molecule has 13 rings (SSSR count). The molecule has 1 heteroatoms. The number of benzene rings is 10. The van der Waals surface area contributed by atoms with Gasteiger partial charge in [-0.2, -0.15) is 0 Å². The number of hydrogen-bond acceptors (Lipinski definition) is 1. The zero-order valence-electron chi connectivity index (χ0n) is 39.3. The Bertz CT molecular complexity index is 3590. The number of fused-ring (bicyclic) bond motifs is 8. The summed E-state index contributed by atoms with van der Waals surface area (Å²) in [5.41, 5.74) is 26.9. The minimum Gasteiger partial charge on any atom is -0.310 e. The molecule has 1 nitrogen and oxygen atoms in total. The Kier molecular flexibility index (Phi) is 9.77. The summed E-state index contributed by atoms with van der Waals surface area (Å²) in [4.78, 5) is 2.52. The van der Waals surface area contributed by atoms with Crippen LogP contribution in [0.1, 0.15) is 61.8 Å². The van der Waals surface area contributed by atoms with E-state index in [2.05, 4.69) is 255 Å². The van der Waals surface area contributed by atoms with Crippen LogP contribution in [0.3, 0.4) is 0 Å². The van der Waals surface area contributed by atoms with E-state index in [1.165, 1.54) is 132 Å². The first-order chi connectivity index (χ1) is 34.0. The maximum Gasteiger partial charge on any atom is 0.0540 e. The van der Waals surface area contributed by atoms with Gasteiger partial charge in [0.15, 0.2) is 0 Å². The quantitative estimate of drug-likeness (QED) is 0.147. The average Bonchev–Trinajstić information content (AvgIpc) is 4.09. The molecule has 0 saturated heterocycles. The summed E-state index contributed by atoms with van der Waals surface area (Å²) in [6, 6.07) is 88.4. The van der Waals surface area contributed by atoms with Crippen molar-refractivity contribution in [3.8, 4) is 77.9 Å². The van der Waals surface area contributed by atoms with Crippen molar-refractivity contribution >= 4 is 17.1 Å². The predicted octanol–water partition coefficient (Wildman–Crippen LogP) is 18.6. The fourth-order valence-corrected chi connectivity index (χ4v) is 12.7. The van der Waals surface area contributed by atoms with E-state index in [0.717, 1.165) is 11.4 Å². The van der Waals surface area contributed by atoms with E-state index in [4.69, 9.17) is 0 Å². The lowest BCUT2D eigenvalue weighted by molar-refractivity contribution is 0.550. The molecule has 1 fully saturated rings. The zero-order valence-corrected chi connectivity index (χ0v) is 39.3. The lowest BCUT2D eigenvalue weighted by Gasteiger charge is -2.31. The highest BCUT2D eigenvalue weighted by atomic mass is 15.1. The molecule has 10 aromatic rings. The third-order valence-corrected chi connectivity index (χ3v) is 15.8. The van der Waals surface area contributed by atoms with Crippen LogP contribution in [0.4, 0.5) is 17.1 Å². The molecule has 69 heavy (non-hydrogen) atoms.